The van der Waals surface area contributed by atoms with Crippen molar-refractivity contribution >= 4 is 13.7 Å². The molecule has 0 aliphatic carbocycles. The lowest BCUT2D eigenvalue weighted by Crippen LogP contribution is -2.45. The summed E-state index contributed by atoms with van der Waals surface area (Å²) in [5.74, 6) is -0.188. The van der Waals surface area contributed by atoms with Gasteiger partial charge in [0.2, 0.25) is 5.91 Å². The molecule has 0 bridgehead atoms. The molecule has 9 heteroatoms. The number of quaternary nitrogens is 1. The number of hydrogen-bond donors (Lipinski definition) is 3. The first-order valence-electron chi connectivity index (χ1n) is 25.4. The molecule has 3 unspecified atom stereocenters. The molecule has 0 radical (unpaired) electrons. The number of carbonyl (C=O) groups is 1. The van der Waals surface area contributed by atoms with Crippen LogP contribution in [0.25, 0.3) is 0 Å². The van der Waals surface area contributed by atoms with E-state index in [9.17, 15) is 19.4 Å². The molecule has 0 aromatic carbocycles. The van der Waals surface area contributed by atoms with Gasteiger partial charge >= 0.3 is 7.82 Å². The van der Waals surface area contributed by atoms with Crippen LogP contribution >= 0.6 is 7.82 Å². The third-order valence-electron chi connectivity index (χ3n) is 11.3. The minimum atomic E-state index is -4.35. The number of amides is 1. The fourth-order valence-electron chi connectivity index (χ4n) is 7.31. The molecule has 0 fully saturated rings. The Morgan fingerprint density at radius 3 is 1.33 bits per heavy atom. The van der Waals surface area contributed by atoms with Crippen molar-refractivity contribution in [3.63, 3.8) is 0 Å². The van der Waals surface area contributed by atoms with E-state index in [1.165, 1.54) is 167 Å². The maximum absolute atomic E-state index is 12.9. The fourth-order valence-corrected chi connectivity index (χ4v) is 8.05. The number of carbonyl (C=O) groups excluding carboxylic acids is 1. The zero-order chi connectivity index (χ0) is 44.3. The Labute approximate surface area is 372 Å². The number of allylic oxidation sites excluding steroid dienone is 5. The summed E-state index contributed by atoms with van der Waals surface area (Å²) in [6.07, 6.45) is 53.7. The summed E-state index contributed by atoms with van der Waals surface area (Å²) in [6.45, 7) is 4.80. The van der Waals surface area contributed by atoms with Crippen LogP contribution in [-0.2, 0) is 18.4 Å². The van der Waals surface area contributed by atoms with E-state index < -0.39 is 20.0 Å². The predicted molar refractivity (Wildman–Crippen MR) is 258 cm³/mol. The molecule has 0 saturated heterocycles. The summed E-state index contributed by atoms with van der Waals surface area (Å²) >= 11 is 0. The number of likely N-dealkylation sites (N-methyl/N-ethyl adjacent to an activating group) is 1. The Bertz CT molecular complexity index is 1070. The summed E-state index contributed by atoms with van der Waals surface area (Å²) in [7, 11) is 1.55. The van der Waals surface area contributed by atoms with Crippen molar-refractivity contribution in [3.8, 4) is 0 Å². The number of hydrogen-bond acceptors (Lipinski definition) is 5. The van der Waals surface area contributed by atoms with Gasteiger partial charge in [-0.3, -0.25) is 13.8 Å². The summed E-state index contributed by atoms with van der Waals surface area (Å²) in [6, 6.07) is -0.866. The minimum absolute atomic E-state index is 0.0549. The van der Waals surface area contributed by atoms with Crippen LogP contribution in [0.1, 0.15) is 232 Å². The summed E-state index contributed by atoms with van der Waals surface area (Å²) in [5.41, 5.74) is 0. The SMILES string of the molecule is CCCCCCCCCCCCC/C=C/CC/C=C/CC/C=C/C(O)C(COP(=O)(O)OCC[N+](C)(C)C)NC(=O)CCCCCCCCCCCCCCCCCCC. The Hall–Kier alpha value is -1.28. The van der Waals surface area contributed by atoms with Crippen LogP contribution in [0.2, 0.25) is 0 Å². The number of nitrogens with zero attached hydrogens (tertiary/aromatic N) is 1. The molecule has 0 rings (SSSR count). The van der Waals surface area contributed by atoms with Gasteiger partial charge < -0.3 is 19.8 Å². The maximum Gasteiger partial charge on any atom is 0.472 e. The van der Waals surface area contributed by atoms with Crippen LogP contribution in [0.5, 0.6) is 0 Å². The first-order valence-corrected chi connectivity index (χ1v) is 26.9. The Kier molecular flexibility index (Phi) is 42.1. The highest BCUT2D eigenvalue weighted by atomic mass is 31.2. The van der Waals surface area contributed by atoms with E-state index in [4.69, 9.17) is 9.05 Å². The number of nitrogens with one attached hydrogen (secondary N) is 1. The molecule has 0 aliphatic heterocycles. The number of rotatable bonds is 46. The van der Waals surface area contributed by atoms with E-state index in [2.05, 4.69) is 43.5 Å². The van der Waals surface area contributed by atoms with Crippen molar-refractivity contribution in [1.82, 2.24) is 5.32 Å². The van der Waals surface area contributed by atoms with Gasteiger partial charge in [0.05, 0.1) is 39.9 Å². The van der Waals surface area contributed by atoms with Gasteiger partial charge in [-0.15, -0.1) is 0 Å². The molecule has 3 N–H and O–H groups in total. The molecule has 0 aromatic rings. The maximum atomic E-state index is 12.9. The van der Waals surface area contributed by atoms with E-state index in [-0.39, 0.29) is 19.1 Å². The van der Waals surface area contributed by atoms with Crippen LogP contribution in [0.15, 0.2) is 36.5 Å². The minimum Gasteiger partial charge on any atom is -0.387 e. The molecule has 354 valence electrons. The molecule has 0 saturated carbocycles. The van der Waals surface area contributed by atoms with Crippen molar-refractivity contribution in [2.75, 3.05) is 40.9 Å². The van der Waals surface area contributed by atoms with Crippen LogP contribution in [0.3, 0.4) is 0 Å². The summed E-state index contributed by atoms with van der Waals surface area (Å²) in [5, 5.41) is 13.9. The second-order valence-corrected chi connectivity index (χ2v) is 20.0. The Balaban J connectivity index is 4.39. The van der Waals surface area contributed by atoms with Gasteiger partial charge in [0.25, 0.3) is 0 Å². The van der Waals surface area contributed by atoms with Crippen molar-refractivity contribution in [1.29, 1.82) is 0 Å². The third kappa shape index (κ3) is 44.8. The highest BCUT2D eigenvalue weighted by Crippen LogP contribution is 2.43. The average Bonchev–Trinajstić information content (AvgIpc) is 3.20. The molecule has 1 amide bonds. The van der Waals surface area contributed by atoms with E-state index in [1.807, 2.05) is 27.2 Å². The zero-order valence-corrected chi connectivity index (χ0v) is 41.1. The number of aliphatic hydroxyl groups is 1. The van der Waals surface area contributed by atoms with Crippen molar-refractivity contribution in [2.45, 2.75) is 244 Å². The van der Waals surface area contributed by atoms with Crippen molar-refractivity contribution < 1.29 is 32.9 Å². The van der Waals surface area contributed by atoms with E-state index in [0.29, 0.717) is 17.4 Å². The monoisotopic (exact) mass is 868 g/mol. The summed E-state index contributed by atoms with van der Waals surface area (Å²) in [4.78, 5) is 23.2. The molecule has 0 spiro atoms. The third-order valence-corrected chi connectivity index (χ3v) is 12.3. The normalized spacial score (nSPS) is 14.4. The molecule has 3 atom stereocenters. The number of unbranched alkanes of at least 4 members (excludes halogenated alkanes) is 29. The Morgan fingerprint density at radius 2 is 0.917 bits per heavy atom. The quantitative estimate of drug-likeness (QED) is 0.0244. The van der Waals surface area contributed by atoms with Gasteiger partial charge in [0.1, 0.15) is 13.2 Å². The average molecular weight is 868 g/mol. The number of phosphoric ester groups is 1. The van der Waals surface area contributed by atoms with Crippen LogP contribution in [0.4, 0.5) is 0 Å². The first-order chi connectivity index (χ1) is 29.0. The number of phosphoric acid groups is 1. The van der Waals surface area contributed by atoms with Crippen LogP contribution in [-0.4, -0.2) is 73.4 Å². The van der Waals surface area contributed by atoms with Crippen molar-refractivity contribution in [3.05, 3.63) is 36.5 Å². The molecular formula is C51H100N2O6P+. The van der Waals surface area contributed by atoms with Gasteiger partial charge in [-0.05, 0) is 44.9 Å². The zero-order valence-electron chi connectivity index (χ0n) is 40.2. The largest absolute Gasteiger partial charge is 0.472 e. The van der Waals surface area contributed by atoms with E-state index >= 15 is 0 Å². The van der Waals surface area contributed by atoms with Gasteiger partial charge in [0.15, 0.2) is 0 Å². The molecular weight excluding hydrogens is 768 g/mol. The molecule has 60 heavy (non-hydrogen) atoms. The molecule has 8 nitrogen and oxygen atoms in total. The summed E-state index contributed by atoms with van der Waals surface area (Å²) < 4.78 is 23.6. The second kappa shape index (κ2) is 43.0. The molecule has 0 aromatic heterocycles. The standard InChI is InChI=1S/C51H99N2O6P/c1-6-8-10-12-14-16-18-20-22-24-25-26-27-29-30-32-34-36-38-40-42-44-50(54)49(48-59-60(56,57)58-47-46-53(3,4)5)52-51(55)45-43-41-39-37-35-33-31-28-23-21-19-17-15-13-11-9-7-2/h27,29,34,36,42,44,49-50,54H,6-26,28,30-33,35,37-41,43,45-48H2,1-5H3,(H-,52,55,56,57)/p+1/b29-27+,36-34+,44-42+. The molecule has 0 aliphatic rings. The van der Waals surface area contributed by atoms with Gasteiger partial charge in [0, 0.05) is 6.42 Å². The topological polar surface area (TPSA) is 105 Å². The first kappa shape index (κ1) is 58.7. The predicted octanol–water partition coefficient (Wildman–Crippen LogP) is 14.6. The fraction of sp³-hybridized carbons (Fsp3) is 0.863. The van der Waals surface area contributed by atoms with E-state index in [1.54, 1.807) is 6.08 Å². The second-order valence-electron chi connectivity index (χ2n) is 18.5. The lowest BCUT2D eigenvalue weighted by atomic mass is 10.0. The smallest absolute Gasteiger partial charge is 0.387 e. The van der Waals surface area contributed by atoms with Crippen molar-refractivity contribution in [2.24, 2.45) is 0 Å². The van der Waals surface area contributed by atoms with Gasteiger partial charge in [-0.25, -0.2) is 4.57 Å². The highest BCUT2D eigenvalue weighted by Gasteiger charge is 2.27. The Morgan fingerprint density at radius 1 is 0.550 bits per heavy atom. The van der Waals surface area contributed by atoms with Gasteiger partial charge in [-0.1, -0.05) is 217 Å². The van der Waals surface area contributed by atoms with Crippen LogP contribution in [0, 0.1) is 0 Å². The molecule has 0 heterocycles. The lowest BCUT2D eigenvalue weighted by Gasteiger charge is -2.25. The number of aliphatic hydroxyl groups excluding tert-OH is 1. The lowest BCUT2D eigenvalue weighted by molar-refractivity contribution is -0.870. The van der Waals surface area contributed by atoms with E-state index in [0.717, 1.165) is 44.9 Å². The highest BCUT2D eigenvalue weighted by molar-refractivity contribution is 7.47. The van der Waals surface area contributed by atoms with Gasteiger partial charge in [-0.2, -0.15) is 0 Å². The van der Waals surface area contributed by atoms with Crippen LogP contribution < -0.4 is 5.32 Å².